The van der Waals surface area contributed by atoms with E-state index in [1.165, 1.54) is 16.9 Å². The van der Waals surface area contributed by atoms with Crippen LogP contribution in [-0.4, -0.2) is 48.2 Å². The Labute approximate surface area is 199 Å². The van der Waals surface area contributed by atoms with Gasteiger partial charge in [0.15, 0.2) is 11.2 Å². The standard InChI is InChI=1S/C26H31N3O3S/c1-18(2)20-9-11-22(12-10-20)32-19(3)25(30)28-26-27-24(21-7-5-4-6-8-21)23(33-26)17-29-13-15-31-16-14-29/h4-12,18-19H,13-17H2,1-3H3,(H,27,28,30). The fourth-order valence-electron chi connectivity index (χ4n) is 3.69. The van der Waals surface area contributed by atoms with E-state index in [1.54, 1.807) is 6.92 Å². The summed E-state index contributed by atoms with van der Waals surface area (Å²) in [5, 5.41) is 3.55. The maximum absolute atomic E-state index is 12.8. The van der Waals surface area contributed by atoms with Gasteiger partial charge in [0.05, 0.1) is 18.9 Å². The third-order valence-corrected chi connectivity index (χ3v) is 6.63. The van der Waals surface area contributed by atoms with Crippen molar-refractivity contribution in [3.8, 4) is 17.0 Å². The van der Waals surface area contributed by atoms with Crippen molar-refractivity contribution in [3.05, 3.63) is 65.0 Å². The van der Waals surface area contributed by atoms with Gasteiger partial charge < -0.3 is 9.47 Å². The number of carbonyl (C=O) groups excluding carboxylic acids is 1. The van der Waals surface area contributed by atoms with Crippen molar-refractivity contribution in [2.75, 3.05) is 31.6 Å². The molecule has 2 heterocycles. The van der Waals surface area contributed by atoms with E-state index in [4.69, 9.17) is 14.5 Å². The normalized spacial score (nSPS) is 15.4. The monoisotopic (exact) mass is 465 g/mol. The van der Waals surface area contributed by atoms with E-state index in [1.807, 2.05) is 42.5 Å². The molecule has 0 aliphatic carbocycles. The number of anilines is 1. The highest BCUT2D eigenvalue weighted by molar-refractivity contribution is 7.16. The molecule has 1 aromatic heterocycles. The largest absolute Gasteiger partial charge is 0.481 e. The number of hydrogen-bond donors (Lipinski definition) is 1. The van der Waals surface area contributed by atoms with Gasteiger partial charge in [-0.2, -0.15) is 0 Å². The van der Waals surface area contributed by atoms with Crippen LogP contribution in [-0.2, 0) is 16.1 Å². The molecule has 0 spiro atoms. The maximum Gasteiger partial charge on any atom is 0.266 e. The van der Waals surface area contributed by atoms with Gasteiger partial charge >= 0.3 is 0 Å². The van der Waals surface area contributed by atoms with Gasteiger partial charge in [-0.05, 0) is 30.5 Å². The van der Waals surface area contributed by atoms with Crippen molar-refractivity contribution in [1.29, 1.82) is 0 Å². The van der Waals surface area contributed by atoms with Crippen LogP contribution in [0.25, 0.3) is 11.3 Å². The molecule has 174 valence electrons. The molecule has 33 heavy (non-hydrogen) atoms. The number of hydrogen-bond acceptors (Lipinski definition) is 6. The first-order chi connectivity index (χ1) is 16.0. The highest BCUT2D eigenvalue weighted by Crippen LogP contribution is 2.32. The topological polar surface area (TPSA) is 63.7 Å². The fourth-order valence-corrected chi connectivity index (χ4v) is 4.72. The Balaban J connectivity index is 1.46. The lowest BCUT2D eigenvalue weighted by Crippen LogP contribution is -2.35. The van der Waals surface area contributed by atoms with Crippen molar-refractivity contribution < 1.29 is 14.3 Å². The Kier molecular flexibility index (Phi) is 7.75. The summed E-state index contributed by atoms with van der Waals surface area (Å²) in [5.74, 6) is 0.920. The first-order valence-electron chi connectivity index (χ1n) is 11.4. The van der Waals surface area contributed by atoms with Gasteiger partial charge in [-0.1, -0.05) is 67.6 Å². The molecule has 7 heteroatoms. The van der Waals surface area contributed by atoms with Crippen LogP contribution in [0, 0.1) is 0 Å². The molecular formula is C26H31N3O3S. The maximum atomic E-state index is 12.8. The van der Waals surface area contributed by atoms with Crippen molar-refractivity contribution in [2.45, 2.75) is 39.3 Å². The van der Waals surface area contributed by atoms with Gasteiger partial charge in [0.25, 0.3) is 5.91 Å². The number of aromatic nitrogens is 1. The minimum Gasteiger partial charge on any atom is -0.481 e. The number of thiazole rings is 1. The summed E-state index contributed by atoms with van der Waals surface area (Å²) in [5.41, 5.74) is 3.20. The number of rotatable bonds is 8. The predicted molar refractivity (Wildman–Crippen MR) is 133 cm³/mol. The van der Waals surface area contributed by atoms with Crippen molar-refractivity contribution >= 4 is 22.4 Å². The van der Waals surface area contributed by atoms with Crippen molar-refractivity contribution in [1.82, 2.24) is 9.88 Å². The molecule has 2 aromatic carbocycles. The Hall–Kier alpha value is -2.74. The van der Waals surface area contributed by atoms with Gasteiger partial charge in [0, 0.05) is 30.1 Å². The van der Waals surface area contributed by atoms with Crippen molar-refractivity contribution in [3.63, 3.8) is 0 Å². The second kappa shape index (κ2) is 10.9. The lowest BCUT2D eigenvalue weighted by Gasteiger charge is -2.26. The minimum absolute atomic E-state index is 0.214. The Morgan fingerprint density at radius 2 is 1.79 bits per heavy atom. The van der Waals surface area contributed by atoms with Crippen LogP contribution in [0.4, 0.5) is 5.13 Å². The number of carbonyl (C=O) groups is 1. The van der Waals surface area contributed by atoms with Gasteiger partial charge in [0.1, 0.15) is 5.75 Å². The van der Waals surface area contributed by atoms with Crippen LogP contribution < -0.4 is 10.1 Å². The summed E-state index contributed by atoms with van der Waals surface area (Å²) in [6.45, 7) is 10.1. The summed E-state index contributed by atoms with van der Waals surface area (Å²) in [6.07, 6.45) is -0.637. The van der Waals surface area contributed by atoms with E-state index >= 15 is 0 Å². The quantitative estimate of drug-likeness (QED) is 0.497. The van der Waals surface area contributed by atoms with E-state index in [-0.39, 0.29) is 5.91 Å². The zero-order valence-electron chi connectivity index (χ0n) is 19.4. The van der Waals surface area contributed by atoms with Gasteiger partial charge in [-0.3, -0.25) is 15.0 Å². The van der Waals surface area contributed by atoms with Crippen LogP contribution in [0.1, 0.15) is 37.1 Å². The summed E-state index contributed by atoms with van der Waals surface area (Å²) in [7, 11) is 0. The molecular weight excluding hydrogens is 434 g/mol. The second-order valence-electron chi connectivity index (χ2n) is 8.52. The van der Waals surface area contributed by atoms with E-state index in [2.05, 4.69) is 36.2 Å². The smallest absolute Gasteiger partial charge is 0.266 e. The molecule has 1 atom stereocenters. The summed E-state index contributed by atoms with van der Waals surface area (Å²) in [6, 6.07) is 18.0. The molecule has 1 N–H and O–H groups in total. The van der Waals surface area contributed by atoms with Crippen LogP contribution in [0.2, 0.25) is 0 Å². The number of nitrogens with zero attached hydrogens (tertiary/aromatic N) is 2. The lowest BCUT2D eigenvalue weighted by molar-refractivity contribution is -0.122. The minimum atomic E-state index is -0.637. The molecule has 0 radical (unpaired) electrons. The van der Waals surface area contributed by atoms with Crippen LogP contribution >= 0.6 is 11.3 Å². The zero-order chi connectivity index (χ0) is 23.2. The summed E-state index contributed by atoms with van der Waals surface area (Å²) in [4.78, 5) is 21.1. The molecule has 0 saturated carbocycles. The SMILES string of the molecule is CC(Oc1ccc(C(C)C)cc1)C(=O)Nc1nc(-c2ccccc2)c(CN2CCOCC2)s1. The average molecular weight is 466 g/mol. The molecule has 4 rings (SSSR count). The van der Waals surface area contributed by atoms with Gasteiger partial charge in [-0.25, -0.2) is 4.98 Å². The van der Waals surface area contributed by atoms with Crippen molar-refractivity contribution in [2.24, 2.45) is 0 Å². The molecule has 1 aliphatic rings. The van der Waals surface area contributed by atoms with E-state index in [9.17, 15) is 4.79 Å². The van der Waals surface area contributed by atoms with Gasteiger partial charge in [-0.15, -0.1) is 0 Å². The number of morpholine rings is 1. The third kappa shape index (κ3) is 6.19. The van der Waals surface area contributed by atoms with E-state index in [0.717, 1.165) is 49.0 Å². The average Bonchev–Trinajstić information content (AvgIpc) is 3.22. The molecule has 1 aliphatic heterocycles. The molecule has 1 saturated heterocycles. The third-order valence-electron chi connectivity index (χ3n) is 5.67. The van der Waals surface area contributed by atoms with E-state index < -0.39 is 6.10 Å². The predicted octanol–water partition coefficient (Wildman–Crippen LogP) is 5.17. The number of ether oxygens (including phenoxy) is 2. The first kappa shape index (κ1) is 23.4. The molecule has 1 unspecified atom stereocenters. The zero-order valence-corrected chi connectivity index (χ0v) is 20.2. The summed E-state index contributed by atoms with van der Waals surface area (Å²) >= 11 is 1.52. The number of benzene rings is 2. The number of nitrogens with one attached hydrogen (secondary N) is 1. The number of amides is 1. The van der Waals surface area contributed by atoms with Crippen LogP contribution in [0.15, 0.2) is 54.6 Å². The Morgan fingerprint density at radius 1 is 1.09 bits per heavy atom. The lowest BCUT2D eigenvalue weighted by atomic mass is 10.0. The van der Waals surface area contributed by atoms with Gasteiger partial charge in [0.2, 0.25) is 0 Å². The first-order valence-corrected chi connectivity index (χ1v) is 12.2. The summed E-state index contributed by atoms with van der Waals surface area (Å²) < 4.78 is 11.3. The molecule has 1 fully saturated rings. The molecule has 0 bridgehead atoms. The van der Waals surface area contributed by atoms with Crippen LogP contribution in [0.3, 0.4) is 0 Å². The van der Waals surface area contributed by atoms with E-state index in [0.29, 0.717) is 16.8 Å². The van der Waals surface area contributed by atoms with Crippen LogP contribution in [0.5, 0.6) is 5.75 Å². The fraction of sp³-hybridized carbons (Fsp3) is 0.385. The Morgan fingerprint density at radius 3 is 2.45 bits per heavy atom. The Bertz CT molecular complexity index is 1040. The molecule has 1 amide bonds. The molecule has 3 aromatic rings. The highest BCUT2D eigenvalue weighted by Gasteiger charge is 2.21. The second-order valence-corrected chi connectivity index (χ2v) is 9.60. The highest BCUT2D eigenvalue weighted by atomic mass is 32.1. The molecule has 6 nitrogen and oxygen atoms in total.